The highest BCUT2D eigenvalue weighted by molar-refractivity contribution is 5.68. The van der Waals surface area contributed by atoms with E-state index in [-0.39, 0.29) is 5.41 Å². The van der Waals surface area contributed by atoms with Crippen molar-refractivity contribution in [1.29, 1.82) is 0 Å². The first-order valence-corrected chi connectivity index (χ1v) is 5.21. The Morgan fingerprint density at radius 3 is 1.93 bits per heavy atom. The van der Waals surface area contributed by atoms with Crippen LogP contribution >= 0.6 is 0 Å². The van der Waals surface area contributed by atoms with Crippen LogP contribution < -0.4 is 0 Å². The first-order chi connectivity index (χ1) is 6.73. The summed E-state index contributed by atoms with van der Waals surface area (Å²) in [7, 11) is 0. The fraction of sp³-hybridized carbons (Fsp3) is 0.286. The molecule has 0 bridgehead atoms. The molecule has 0 heteroatoms. The summed E-state index contributed by atoms with van der Waals surface area (Å²) in [5.74, 6) is 0. The standard InChI is InChI=1S/C14H16/c1-3-14(2)10-8-12-6-4-5-7-13(12)9-11-14/h4-11H,3H2,1-2H3. The first-order valence-electron chi connectivity index (χ1n) is 5.21. The number of fused-ring (bicyclic) bond motifs is 1. The molecule has 1 aromatic rings. The molecule has 1 aliphatic rings. The SMILES string of the molecule is CCC1(C)C=Cc2ccccc2C=C1. The Morgan fingerprint density at radius 1 is 1.00 bits per heavy atom. The van der Waals surface area contributed by atoms with E-state index in [9.17, 15) is 0 Å². The summed E-state index contributed by atoms with van der Waals surface area (Å²) in [5.41, 5.74) is 2.86. The summed E-state index contributed by atoms with van der Waals surface area (Å²) < 4.78 is 0. The molecule has 2 rings (SSSR count). The predicted molar refractivity (Wildman–Crippen MR) is 62.9 cm³/mol. The quantitative estimate of drug-likeness (QED) is 0.615. The van der Waals surface area contributed by atoms with Gasteiger partial charge in [-0.15, -0.1) is 0 Å². The summed E-state index contributed by atoms with van der Waals surface area (Å²) in [4.78, 5) is 0. The van der Waals surface area contributed by atoms with Crippen molar-refractivity contribution in [2.45, 2.75) is 20.3 Å². The molecule has 0 unspecified atom stereocenters. The van der Waals surface area contributed by atoms with Crippen molar-refractivity contribution in [3.05, 3.63) is 47.5 Å². The average Bonchev–Trinajstić information content (AvgIpc) is 2.40. The van der Waals surface area contributed by atoms with Gasteiger partial charge in [-0.2, -0.15) is 0 Å². The highest BCUT2D eigenvalue weighted by atomic mass is 14.2. The predicted octanol–water partition coefficient (Wildman–Crippen LogP) is 4.14. The van der Waals surface area contributed by atoms with Gasteiger partial charge in [0.15, 0.2) is 0 Å². The third-order valence-corrected chi connectivity index (χ3v) is 3.05. The highest BCUT2D eigenvalue weighted by Gasteiger charge is 2.15. The Morgan fingerprint density at radius 2 is 1.50 bits per heavy atom. The molecule has 0 heterocycles. The minimum Gasteiger partial charge on any atom is -0.0742 e. The van der Waals surface area contributed by atoms with E-state index in [2.05, 4.69) is 62.4 Å². The van der Waals surface area contributed by atoms with Crippen LogP contribution in [-0.4, -0.2) is 0 Å². The van der Waals surface area contributed by atoms with E-state index >= 15 is 0 Å². The molecule has 0 N–H and O–H groups in total. The minimum atomic E-state index is 0.221. The van der Waals surface area contributed by atoms with Crippen molar-refractivity contribution < 1.29 is 0 Å². The summed E-state index contributed by atoms with van der Waals surface area (Å²) in [5, 5.41) is 0. The van der Waals surface area contributed by atoms with Crippen molar-refractivity contribution in [3.63, 3.8) is 0 Å². The lowest BCUT2D eigenvalue weighted by Gasteiger charge is -2.17. The van der Waals surface area contributed by atoms with Gasteiger partial charge in [0.1, 0.15) is 0 Å². The van der Waals surface area contributed by atoms with Gasteiger partial charge in [0.25, 0.3) is 0 Å². The maximum Gasteiger partial charge on any atom is 0.00367 e. The second-order valence-electron chi connectivity index (χ2n) is 4.15. The van der Waals surface area contributed by atoms with E-state index in [1.54, 1.807) is 0 Å². The summed E-state index contributed by atoms with van der Waals surface area (Å²) in [6, 6.07) is 8.51. The second-order valence-corrected chi connectivity index (χ2v) is 4.15. The lowest BCUT2D eigenvalue weighted by atomic mass is 9.87. The lowest BCUT2D eigenvalue weighted by Crippen LogP contribution is -2.05. The van der Waals surface area contributed by atoms with Crippen molar-refractivity contribution in [2.24, 2.45) is 5.41 Å². The molecule has 0 spiro atoms. The van der Waals surface area contributed by atoms with Crippen LogP contribution in [0.25, 0.3) is 12.2 Å². The first kappa shape index (κ1) is 9.26. The number of hydrogen-bond acceptors (Lipinski definition) is 0. The van der Waals surface area contributed by atoms with E-state index in [4.69, 9.17) is 0 Å². The molecule has 1 aliphatic carbocycles. The van der Waals surface area contributed by atoms with Crippen LogP contribution in [0.3, 0.4) is 0 Å². The van der Waals surface area contributed by atoms with Gasteiger partial charge < -0.3 is 0 Å². The fourth-order valence-corrected chi connectivity index (χ4v) is 1.67. The molecule has 14 heavy (non-hydrogen) atoms. The van der Waals surface area contributed by atoms with Crippen LogP contribution in [0.15, 0.2) is 36.4 Å². The molecule has 0 radical (unpaired) electrons. The zero-order chi connectivity index (χ0) is 10.0. The molecule has 0 atom stereocenters. The summed E-state index contributed by atoms with van der Waals surface area (Å²) in [6.07, 6.45) is 10.2. The van der Waals surface area contributed by atoms with Crippen LogP contribution in [0.4, 0.5) is 0 Å². The molecule has 1 aromatic carbocycles. The van der Waals surface area contributed by atoms with Gasteiger partial charge in [0, 0.05) is 5.41 Å². The molecule has 0 saturated carbocycles. The molecule has 0 nitrogen and oxygen atoms in total. The molecule has 72 valence electrons. The highest BCUT2D eigenvalue weighted by Crippen LogP contribution is 2.30. The monoisotopic (exact) mass is 184 g/mol. The Kier molecular flexibility index (Phi) is 2.28. The van der Waals surface area contributed by atoms with Gasteiger partial charge in [-0.1, -0.05) is 62.4 Å². The molecule has 0 aliphatic heterocycles. The van der Waals surface area contributed by atoms with Crippen molar-refractivity contribution >= 4 is 12.2 Å². The molecule has 0 saturated heterocycles. The molecular weight excluding hydrogens is 168 g/mol. The molecule has 0 aromatic heterocycles. The van der Waals surface area contributed by atoms with Gasteiger partial charge in [0.05, 0.1) is 0 Å². The van der Waals surface area contributed by atoms with E-state index in [1.165, 1.54) is 11.1 Å². The van der Waals surface area contributed by atoms with Crippen LogP contribution in [0.5, 0.6) is 0 Å². The van der Waals surface area contributed by atoms with Crippen LogP contribution in [-0.2, 0) is 0 Å². The van der Waals surface area contributed by atoms with Crippen molar-refractivity contribution in [2.75, 3.05) is 0 Å². The van der Waals surface area contributed by atoms with Crippen molar-refractivity contribution in [3.8, 4) is 0 Å². The average molecular weight is 184 g/mol. The second kappa shape index (κ2) is 3.45. The van der Waals surface area contributed by atoms with Gasteiger partial charge in [0.2, 0.25) is 0 Å². The van der Waals surface area contributed by atoms with E-state index in [0.29, 0.717) is 0 Å². The van der Waals surface area contributed by atoms with Gasteiger partial charge in [-0.25, -0.2) is 0 Å². The number of benzene rings is 1. The smallest absolute Gasteiger partial charge is 0.00367 e. The zero-order valence-electron chi connectivity index (χ0n) is 8.83. The Labute approximate surface area is 86.0 Å². The van der Waals surface area contributed by atoms with Crippen LogP contribution in [0.1, 0.15) is 31.4 Å². The fourth-order valence-electron chi connectivity index (χ4n) is 1.67. The van der Waals surface area contributed by atoms with Crippen LogP contribution in [0.2, 0.25) is 0 Å². The maximum atomic E-state index is 2.30. The zero-order valence-corrected chi connectivity index (χ0v) is 8.83. The Balaban J connectivity index is 2.47. The van der Waals surface area contributed by atoms with Crippen molar-refractivity contribution in [1.82, 2.24) is 0 Å². The van der Waals surface area contributed by atoms with E-state index in [0.717, 1.165) is 6.42 Å². The third-order valence-electron chi connectivity index (χ3n) is 3.05. The molecule has 0 fully saturated rings. The largest absolute Gasteiger partial charge is 0.0742 e. The lowest BCUT2D eigenvalue weighted by molar-refractivity contribution is 0.536. The third kappa shape index (κ3) is 1.65. The number of rotatable bonds is 1. The number of hydrogen-bond donors (Lipinski definition) is 0. The van der Waals surface area contributed by atoms with E-state index < -0.39 is 0 Å². The molecular formula is C14H16. The number of allylic oxidation sites excluding steroid dienone is 2. The van der Waals surface area contributed by atoms with Gasteiger partial charge >= 0.3 is 0 Å². The Hall–Kier alpha value is -1.30. The topological polar surface area (TPSA) is 0 Å². The van der Waals surface area contributed by atoms with Gasteiger partial charge in [-0.3, -0.25) is 0 Å². The normalized spacial score (nSPS) is 17.6. The molecule has 0 amide bonds. The summed E-state index contributed by atoms with van der Waals surface area (Å²) in [6.45, 7) is 4.50. The minimum absolute atomic E-state index is 0.221. The van der Waals surface area contributed by atoms with Crippen LogP contribution in [0, 0.1) is 5.41 Å². The van der Waals surface area contributed by atoms with E-state index in [1.807, 2.05) is 0 Å². The Bertz CT molecular complexity index is 350. The summed E-state index contributed by atoms with van der Waals surface area (Å²) >= 11 is 0. The van der Waals surface area contributed by atoms with Gasteiger partial charge in [-0.05, 0) is 17.5 Å². The maximum absolute atomic E-state index is 2.30.